The van der Waals surface area contributed by atoms with Crippen molar-refractivity contribution in [3.05, 3.63) is 0 Å². The summed E-state index contributed by atoms with van der Waals surface area (Å²) in [6.07, 6.45) is 4.00. The average Bonchev–Trinajstić information content (AvgIpc) is 2.15. The van der Waals surface area contributed by atoms with E-state index in [-0.39, 0.29) is 11.9 Å². The van der Waals surface area contributed by atoms with Crippen molar-refractivity contribution in [2.75, 3.05) is 0 Å². The summed E-state index contributed by atoms with van der Waals surface area (Å²) in [4.78, 5) is 9.86. The molecule has 0 aliphatic rings. The Kier molecular flexibility index (Phi) is 12.0. The van der Waals surface area contributed by atoms with Crippen molar-refractivity contribution < 1.29 is 9.90 Å². The van der Waals surface area contributed by atoms with Gasteiger partial charge in [-0.25, -0.2) is 4.79 Å². The van der Waals surface area contributed by atoms with Crippen LogP contribution in [0.25, 0.3) is 0 Å². The predicted octanol–water partition coefficient (Wildman–Crippen LogP) is 0.0176. The van der Waals surface area contributed by atoms with E-state index in [1.54, 1.807) is 0 Å². The number of carbonyl (C=O) groups is 1. The summed E-state index contributed by atoms with van der Waals surface area (Å²) in [6, 6.07) is 0. The SMILES string of the molecule is CCCCCC#CC(=O)O.N=C(N)NC(=N)N. The van der Waals surface area contributed by atoms with E-state index < -0.39 is 5.97 Å². The highest BCUT2D eigenvalue weighted by Gasteiger charge is 1.84. The summed E-state index contributed by atoms with van der Waals surface area (Å²) in [5, 5.41) is 23.1. The number of guanidine groups is 2. The van der Waals surface area contributed by atoms with Gasteiger partial charge in [-0.3, -0.25) is 16.1 Å². The Balaban J connectivity index is 0. The van der Waals surface area contributed by atoms with Crippen molar-refractivity contribution in [2.45, 2.75) is 32.6 Å². The molecule has 0 aliphatic carbocycles. The lowest BCUT2D eigenvalue weighted by molar-refractivity contribution is -0.130. The van der Waals surface area contributed by atoms with E-state index >= 15 is 0 Å². The molecule has 0 aromatic carbocycles. The zero-order valence-electron chi connectivity index (χ0n) is 9.84. The zero-order chi connectivity index (χ0) is 13.7. The highest BCUT2D eigenvalue weighted by Crippen LogP contribution is 1.96. The number of rotatable bonds is 3. The standard InChI is InChI=1S/C8H12O2.C2H7N5/c1-2-3-4-5-6-7-8(9)10;3-1(4)7-2(5)6/h2-5H2,1H3,(H,9,10);(H7,3,4,5,6,7). The first kappa shape index (κ1) is 17.2. The van der Waals surface area contributed by atoms with E-state index in [2.05, 4.69) is 18.8 Å². The second-order valence-corrected chi connectivity index (χ2v) is 3.02. The van der Waals surface area contributed by atoms with Gasteiger partial charge in [-0.05, 0) is 6.42 Å². The van der Waals surface area contributed by atoms with Crippen LogP contribution in [0.2, 0.25) is 0 Å². The fourth-order valence-electron chi connectivity index (χ4n) is 0.747. The number of hydrogen-bond acceptors (Lipinski definition) is 3. The molecule has 0 aliphatic heterocycles. The van der Waals surface area contributed by atoms with Gasteiger partial charge in [-0.2, -0.15) is 0 Å². The number of hydrogen-bond donors (Lipinski definition) is 6. The minimum atomic E-state index is -1.03. The second kappa shape index (κ2) is 11.8. The molecule has 0 rings (SSSR count). The summed E-state index contributed by atoms with van der Waals surface area (Å²) in [6.45, 7) is 2.10. The number of carboxylic acids is 1. The third-order valence-electron chi connectivity index (χ3n) is 1.37. The normalized spacial score (nSPS) is 7.82. The van der Waals surface area contributed by atoms with Crippen molar-refractivity contribution in [1.82, 2.24) is 5.32 Å². The Morgan fingerprint density at radius 1 is 1.29 bits per heavy atom. The van der Waals surface area contributed by atoms with Crippen LogP contribution in [0.3, 0.4) is 0 Å². The van der Waals surface area contributed by atoms with Gasteiger partial charge in [-0.1, -0.05) is 25.7 Å². The molecule has 8 N–H and O–H groups in total. The Morgan fingerprint density at radius 3 is 2.12 bits per heavy atom. The van der Waals surface area contributed by atoms with E-state index in [1.165, 1.54) is 0 Å². The Morgan fingerprint density at radius 2 is 1.82 bits per heavy atom. The van der Waals surface area contributed by atoms with Gasteiger partial charge in [0.1, 0.15) is 0 Å². The molecule has 0 spiro atoms. The quantitative estimate of drug-likeness (QED) is 0.178. The smallest absolute Gasteiger partial charge is 0.381 e. The van der Waals surface area contributed by atoms with Crippen molar-refractivity contribution >= 4 is 17.9 Å². The molecule has 0 bridgehead atoms. The van der Waals surface area contributed by atoms with Crippen LogP contribution < -0.4 is 16.8 Å². The van der Waals surface area contributed by atoms with Crippen LogP contribution >= 0.6 is 0 Å². The molecule has 0 radical (unpaired) electrons. The maximum absolute atomic E-state index is 9.86. The summed E-state index contributed by atoms with van der Waals surface area (Å²) in [5.41, 5.74) is 9.49. The predicted molar refractivity (Wildman–Crippen MR) is 66.5 cm³/mol. The number of nitrogens with one attached hydrogen (secondary N) is 3. The van der Waals surface area contributed by atoms with Gasteiger partial charge in [0.15, 0.2) is 11.9 Å². The monoisotopic (exact) mass is 241 g/mol. The van der Waals surface area contributed by atoms with Crippen molar-refractivity contribution in [2.24, 2.45) is 11.5 Å². The van der Waals surface area contributed by atoms with Gasteiger partial charge in [0.05, 0.1) is 0 Å². The largest absolute Gasteiger partial charge is 0.472 e. The van der Waals surface area contributed by atoms with Crippen LogP contribution in [0.1, 0.15) is 32.6 Å². The molecule has 0 fully saturated rings. The van der Waals surface area contributed by atoms with E-state index in [4.69, 9.17) is 27.4 Å². The van der Waals surface area contributed by atoms with Gasteiger partial charge < -0.3 is 16.6 Å². The van der Waals surface area contributed by atoms with Crippen LogP contribution in [-0.2, 0) is 4.79 Å². The first-order valence-electron chi connectivity index (χ1n) is 5.07. The number of unbranched alkanes of at least 4 members (excludes halogenated alkanes) is 3. The van der Waals surface area contributed by atoms with E-state index in [9.17, 15) is 4.79 Å². The lowest BCUT2D eigenvalue weighted by atomic mass is 10.2. The molecule has 0 unspecified atom stereocenters. The third-order valence-corrected chi connectivity index (χ3v) is 1.37. The molecule has 96 valence electrons. The average molecular weight is 241 g/mol. The Hall–Kier alpha value is -2.23. The highest BCUT2D eigenvalue weighted by atomic mass is 16.4. The lowest BCUT2D eigenvalue weighted by Crippen LogP contribution is -2.39. The van der Waals surface area contributed by atoms with Crippen LogP contribution in [0.5, 0.6) is 0 Å². The van der Waals surface area contributed by atoms with Crippen LogP contribution in [-0.4, -0.2) is 23.0 Å². The van der Waals surface area contributed by atoms with E-state index in [0.29, 0.717) is 6.42 Å². The van der Waals surface area contributed by atoms with E-state index in [0.717, 1.165) is 19.3 Å². The van der Waals surface area contributed by atoms with Crippen molar-refractivity contribution in [3.8, 4) is 11.8 Å². The molecule has 7 nitrogen and oxygen atoms in total. The van der Waals surface area contributed by atoms with E-state index in [1.807, 2.05) is 5.32 Å². The molecule has 0 saturated heterocycles. The van der Waals surface area contributed by atoms with Crippen molar-refractivity contribution in [3.63, 3.8) is 0 Å². The molecular weight excluding hydrogens is 222 g/mol. The molecule has 7 heteroatoms. The summed E-state index contributed by atoms with van der Waals surface area (Å²) >= 11 is 0. The maximum Gasteiger partial charge on any atom is 0.381 e. The minimum Gasteiger partial charge on any atom is -0.472 e. The zero-order valence-corrected chi connectivity index (χ0v) is 9.84. The third kappa shape index (κ3) is 24.8. The topological polar surface area (TPSA) is 149 Å². The first-order chi connectivity index (χ1) is 7.90. The van der Waals surface area contributed by atoms with Gasteiger partial charge in [0.25, 0.3) is 0 Å². The highest BCUT2D eigenvalue weighted by molar-refractivity contribution is 5.93. The maximum atomic E-state index is 9.86. The first-order valence-corrected chi connectivity index (χ1v) is 5.07. The van der Waals surface area contributed by atoms with Crippen LogP contribution in [0.15, 0.2) is 0 Å². The number of aliphatic carboxylic acids is 1. The minimum absolute atomic E-state index is 0.312. The van der Waals surface area contributed by atoms with Gasteiger partial charge in [0, 0.05) is 12.3 Å². The second-order valence-electron chi connectivity index (χ2n) is 3.02. The van der Waals surface area contributed by atoms with Gasteiger partial charge in [-0.15, -0.1) is 0 Å². The summed E-state index contributed by atoms with van der Waals surface area (Å²) < 4.78 is 0. The molecule has 0 aromatic heterocycles. The molecule has 0 heterocycles. The Bertz CT molecular complexity index is 304. The number of carboxylic acid groups (broad SMARTS) is 1. The molecule has 0 amide bonds. The molecular formula is C10H19N5O2. The molecule has 0 saturated carbocycles. The molecule has 0 aromatic rings. The summed E-state index contributed by atoms with van der Waals surface area (Å²) in [5.74, 6) is 2.99. The number of nitrogens with two attached hydrogens (primary N) is 2. The fraction of sp³-hybridized carbons (Fsp3) is 0.500. The van der Waals surface area contributed by atoms with Crippen LogP contribution in [0, 0.1) is 22.7 Å². The summed E-state index contributed by atoms with van der Waals surface area (Å²) in [7, 11) is 0. The van der Waals surface area contributed by atoms with Crippen LogP contribution in [0.4, 0.5) is 0 Å². The van der Waals surface area contributed by atoms with Gasteiger partial charge in [0.2, 0.25) is 0 Å². The van der Waals surface area contributed by atoms with Crippen molar-refractivity contribution in [1.29, 1.82) is 10.8 Å². The Labute approximate surface area is 101 Å². The van der Waals surface area contributed by atoms with Gasteiger partial charge >= 0.3 is 5.97 Å². The molecule has 0 atom stereocenters. The fourth-order valence-corrected chi connectivity index (χ4v) is 0.747. The lowest BCUT2D eigenvalue weighted by Gasteiger charge is -1.95. The molecule has 17 heavy (non-hydrogen) atoms.